The van der Waals surface area contributed by atoms with Crippen LogP contribution in [0.2, 0.25) is 0 Å². The summed E-state index contributed by atoms with van der Waals surface area (Å²) < 4.78 is 7.25. The SMILES string of the molecule is COc1ccc2[nH]c3c(=O)n(CCCCC(=O)NCCN4CCC(C)CC4)c(=S)[nH]c3c2c1. The van der Waals surface area contributed by atoms with Crippen LogP contribution in [-0.2, 0) is 11.3 Å². The molecule has 1 aliphatic rings. The van der Waals surface area contributed by atoms with Gasteiger partial charge in [-0.15, -0.1) is 0 Å². The Morgan fingerprint density at radius 1 is 1.18 bits per heavy atom. The Hall–Kier alpha value is -2.65. The Labute approximate surface area is 198 Å². The number of fused-ring (bicyclic) bond motifs is 3. The molecular formula is C24H33N5O3S. The van der Waals surface area contributed by atoms with Crippen molar-refractivity contribution in [1.82, 2.24) is 24.8 Å². The number of rotatable bonds is 9. The molecule has 0 atom stereocenters. The maximum atomic E-state index is 13.0. The Morgan fingerprint density at radius 3 is 2.73 bits per heavy atom. The largest absolute Gasteiger partial charge is 0.497 e. The lowest BCUT2D eigenvalue weighted by Crippen LogP contribution is -2.39. The second kappa shape index (κ2) is 10.5. The fourth-order valence-corrected chi connectivity index (χ4v) is 4.75. The molecule has 4 rings (SSSR count). The monoisotopic (exact) mass is 471 g/mol. The molecule has 0 spiro atoms. The van der Waals surface area contributed by atoms with E-state index in [1.165, 1.54) is 12.8 Å². The summed E-state index contributed by atoms with van der Waals surface area (Å²) in [6.07, 6.45) is 4.35. The number of benzene rings is 1. The zero-order valence-electron chi connectivity index (χ0n) is 19.4. The number of carbonyl (C=O) groups is 1. The summed E-state index contributed by atoms with van der Waals surface area (Å²) in [6.45, 7) is 6.64. The van der Waals surface area contributed by atoms with E-state index in [4.69, 9.17) is 17.0 Å². The number of nitrogens with zero attached hydrogens (tertiary/aromatic N) is 2. The van der Waals surface area contributed by atoms with Crippen molar-refractivity contribution in [2.75, 3.05) is 33.3 Å². The number of hydrogen-bond acceptors (Lipinski definition) is 5. The minimum Gasteiger partial charge on any atom is -0.497 e. The number of piperidine rings is 1. The maximum Gasteiger partial charge on any atom is 0.278 e. The van der Waals surface area contributed by atoms with Crippen molar-refractivity contribution in [1.29, 1.82) is 0 Å². The van der Waals surface area contributed by atoms with Crippen LogP contribution in [0.5, 0.6) is 5.75 Å². The van der Waals surface area contributed by atoms with E-state index in [9.17, 15) is 9.59 Å². The highest BCUT2D eigenvalue weighted by molar-refractivity contribution is 7.71. The highest BCUT2D eigenvalue weighted by Crippen LogP contribution is 2.25. The normalized spacial score (nSPS) is 15.3. The minimum absolute atomic E-state index is 0.0675. The molecule has 0 bridgehead atoms. The van der Waals surface area contributed by atoms with Gasteiger partial charge in [0.1, 0.15) is 11.3 Å². The van der Waals surface area contributed by atoms with Crippen LogP contribution in [0.25, 0.3) is 21.9 Å². The van der Waals surface area contributed by atoms with Crippen molar-refractivity contribution in [3.63, 3.8) is 0 Å². The number of H-pyrrole nitrogens is 2. The Balaban J connectivity index is 1.29. The molecule has 8 nitrogen and oxygen atoms in total. The Kier molecular flexibility index (Phi) is 7.49. The molecule has 1 fully saturated rings. The molecule has 0 radical (unpaired) electrons. The molecule has 0 saturated carbocycles. The van der Waals surface area contributed by atoms with Crippen molar-refractivity contribution in [2.45, 2.75) is 45.6 Å². The van der Waals surface area contributed by atoms with E-state index in [-0.39, 0.29) is 11.5 Å². The second-order valence-corrected chi connectivity index (χ2v) is 9.39. The zero-order valence-corrected chi connectivity index (χ0v) is 20.2. The van der Waals surface area contributed by atoms with Crippen LogP contribution in [0.1, 0.15) is 39.0 Å². The molecule has 0 aliphatic carbocycles. The summed E-state index contributed by atoms with van der Waals surface area (Å²) in [6, 6.07) is 5.62. The topological polar surface area (TPSA) is 95.2 Å². The lowest BCUT2D eigenvalue weighted by Gasteiger charge is -2.30. The number of amides is 1. The molecule has 2 aromatic heterocycles. The summed E-state index contributed by atoms with van der Waals surface area (Å²) in [4.78, 5) is 34.0. The van der Waals surface area contributed by atoms with Gasteiger partial charge in [-0.2, -0.15) is 0 Å². The van der Waals surface area contributed by atoms with E-state index in [0.29, 0.717) is 48.2 Å². The van der Waals surface area contributed by atoms with E-state index in [0.717, 1.165) is 42.2 Å². The van der Waals surface area contributed by atoms with Gasteiger partial charge in [-0.25, -0.2) is 0 Å². The smallest absolute Gasteiger partial charge is 0.278 e. The summed E-state index contributed by atoms with van der Waals surface area (Å²) in [7, 11) is 1.61. The quantitative estimate of drug-likeness (QED) is 0.328. The van der Waals surface area contributed by atoms with Gasteiger partial charge in [-0.1, -0.05) is 6.92 Å². The van der Waals surface area contributed by atoms with Gasteiger partial charge >= 0.3 is 0 Å². The van der Waals surface area contributed by atoms with Crippen LogP contribution >= 0.6 is 12.2 Å². The van der Waals surface area contributed by atoms with Gasteiger partial charge < -0.3 is 24.9 Å². The summed E-state index contributed by atoms with van der Waals surface area (Å²) in [5.74, 6) is 1.60. The molecule has 1 amide bonds. The summed E-state index contributed by atoms with van der Waals surface area (Å²) in [5, 5.41) is 3.89. The average Bonchev–Trinajstić information content (AvgIpc) is 3.17. The maximum absolute atomic E-state index is 13.0. The lowest BCUT2D eigenvalue weighted by atomic mass is 9.99. The fourth-order valence-electron chi connectivity index (χ4n) is 4.48. The van der Waals surface area contributed by atoms with Gasteiger partial charge in [0.05, 0.1) is 12.6 Å². The Bertz CT molecular complexity index is 1240. The number of nitrogens with one attached hydrogen (secondary N) is 3. The molecule has 3 aromatic rings. The summed E-state index contributed by atoms with van der Waals surface area (Å²) in [5.41, 5.74) is 1.89. The molecule has 33 heavy (non-hydrogen) atoms. The molecule has 1 saturated heterocycles. The van der Waals surface area contributed by atoms with Crippen molar-refractivity contribution in [3.8, 4) is 5.75 Å². The molecule has 178 valence electrons. The number of aromatic nitrogens is 3. The van der Waals surface area contributed by atoms with Gasteiger partial charge in [-0.05, 0) is 75.1 Å². The highest BCUT2D eigenvalue weighted by Gasteiger charge is 2.15. The zero-order chi connectivity index (χ0) is 23.4. The van der Waals surface area contributed by atoms with Crippen molar-refractivity contribution >= 4 is 40.1 Å². The second-order valence-electron chi connectivity index (χ2n) is 9.00. The molecule has 3 N–H and O–H groups in total. The average molecular weight is 472 g/mol. The van der Waals surface area contributed by atoms with Crippen LogP contribution in [0, 0.1) is 10.7 Å². The number of unbranched alkanes of at least 4 members (excludes halogenated alkanes) is 1. The molecule has 1 aromatic carbocycles. The van der Waals surface area contributed by atoms with E-state index < -0.39 is 0 Å². The van der Waals surface area contributed by atoms with Crippen LogP contribution in [-0.4, -0.2) is 58.6 Å². The first-order valence-corrected chi connectivity index (χ1v) is 12.2. The van der Waals surface area contributed by atoms with E-state index in [1.807, 2.05) is 18.2 Å². The molecule has 0 unspecified atom stereocenters. The number of ether oxygens (including phenoxy) is 1. The van der Waals surface area contributed by atoms with Crippen LogP contribution in [0.15, 0.2) is 23.0 Å². The van der Waals surface area contributed by atoms with Crippen molar-refractivity contribution in [3.05, 3.63) is 33.3 Å². The highest BCUT2D eigenvalue weighted by atomic mass is 32.1. The fraction of sp³-hybridized carbons (Fsp3) is 0.542. The Morgan fingerprint density at radius 2 is 1.97 bits per heavy atom. The van der Waals surface area contributed by atoms with Gasteiger partial charge in [-0.3, -0.25) is 14.2 Å². The van der Waals surface area contributed by atoms with Crippen LogP contribution < -0.4 is 15.6 Å². The molecular weight excluding hydrogens is 438 g/mol. The van der Waals surface area contributed by atoms with Gasteiger partial charge in [0, 0.05) is 37.0 Å². The van der Waals surface area contributed by atoms with Gasteiger partial charge in [0.25, 0.3) is 5.56 Å². The lowest BCUT2D eigenvalue weighted by molar-refractivity contribution is -0.121. The summed E-state index contributed by atoms with van der Waals surface area (Å²) >= 11 is 5.46. The number of hydrogen-bond donors (Lipinski definition) is 3. The third-order valence-electron chi connectivity index (χ3n) is 6.60. The molecule has 3 heterocycles. The first kappa shape index (κ1) is 23.5. The van der Waals surface area contributed by atoms with Crippen molar-refractivity contribution in [2.24, 2.45) is 5.92 Å². The minimum atomic E-state index is -0.149. The standard InChI is InChI=1S/C24H33N5O3S/c1-16-8-12-28(13-9-16)14-10-25-20(30)5-3-4-11-29-23(31)22-21(27-24(29)33)18-15-17(32-2)6-7-19(18)26-22/h6-7,15-16,26H,3-5,8-14H2,1-2H3,(H,25,30)(H,27,33). The van der Waals surface area contributed by atoms with E-state index >= 15 is 0 Å². The third-order valence-corrected chi connectivity index (χ3v) is 6.93. The number of methoxy groups -OCH3 is 1. The third kappa shape index (κ3) is 5.47. The number of aromatic amines is 2. The molecule has 9 heteroatoms. The van der Waals surface area contributed by atoms with E-state index in [1.54, 1.807) is 11.7 Å². The van der Waals surface area contributed by atoms with Crippen LogP contribution in [0.4, 0.5) is 0 Å². The first-order valence-electron chi connectivity index (χ1n) is 11.8. The van der Waals surface area contributed by atoms with Gasteiger partial charge in [0.2, 0.25) is 5.91 Å². The van der Waals surface area contributed by atoms with Crippen LogP contribution in [0.3, 0.4) is 0 Å². The predicted molar refractivity (Wildman–Crippen MR) is 134 cm³/mol. The van der Waals surface area contributed by atoms with Crippen molar-refractivity contribution < 1.29 is 9.53 Å². The predicted octanol–water partition coefficient (Wildman–Crippen LogP) is 3.57. The number of carbonyl (C=O) groups excluding carboxylic acids is 1. The van der Waals surface area contributed by atoms with Gasteiger partial charge in [0.15, 0.2) is 4.77 Å². The van der Waals surface area contributed by atoms with E-state index in [2.05, 4.69) is 27.1 Å². The molecule has 1 aliphatic heterocycles. The first-order chi connectivity index (χ1) is 16.0. The number of likely N-dealkylation sites (tertiary alicyclic amines) is 1.